The number of pyridine rings is 1. The number of fused-ring (bicyclic) bond motifs is 1. The summed E-state index contributed by atoms with van der Waals surface area (Å²) >= 11 is 3.60. The van der Waals surface area contributed by atoms with Gasteiger partial charge in [-0.15, -0.1) is 0 Å². The Hall–Kier alpha value is -1.13. The summed E-state index contributed by atoms with van der Waals surface area (Å²) in [5.74, 6) is 5.64. The van der Waals surface area contributed by atoms with Crippen LogP contribution in [0.2, 0.25) is 0 Å². The van der Waals surface area contributed by atoms with E-state index in [1.54, 1.807) is 0 Å². The fraction of sp³-hybridized carbons (Fsp3) is 0.308. The van der Waals surface area contributed by atoms with E-state index in [0.717, 1.165) is 38.7 Å². The maximum Gasteiger partial charge on any atom is 0.0871 e. The van der Waals surface area contributed by atoms with Crippen LogP contribution < -0.4 is 11.3 Å². The Balaban J connectivity index is 2.92. The second-order valence-corrected chi connectivity index (χ2v) is 4.94. The third-order valence-electron chi connectivity index (χ3n) is 3.11. The summed E-state index contributed by atoms with van der Waals surface area (Å²) in [6.07, 6.45) is 0.900. The molecule has 0 spiro atoms. The summed E-state index contributed by atoms with van der Waals surface area (Å²) in [6, 6.07) is 4.13. The predicted molar refractivity (Wildman–Crippen MR) is 76.1 cm³/mol. The molecule has 2 aromatic rings. The first kappa shape index (κ1) is 12.3. The zero-order valence-electron chi connectivity index (χ0n) is 10.3. The van der Waals surface area contributed by atoms with Gasteiger partial charge in [-0.3, -0.25) is 10.8 Å². The van der Waals surface area contributed by atoms with Crippen molar-refractivity contribution in [3.63, 3.8) is 0 Å². The van der Waals surface area contributed by atoms with Crippen LogP contribution in [-0.4, -0.2) is 4.98 Å². The molecule has 0 amide bonds. The molecular weight excluding hydrogens is 278 g/mol. The van der Waals surface area contributed by atoms with Crippen LogP contribution in [0.1, 0.15) is 23.7 Å². The zero-order chi connectivity index (χ0) is 12.6. The molecular formula is C13H16BrN3. The summed E-state index contributed by atoms with van der Waals surface area (Å²) in [7, 11) is 0. The van der Waals surface area contributed by atoms with Gasteiger partial charge in [-0.2, -0.15) is 0 Å². The predicted octanol–water partition coefficient (Wildman–Crippen LogP) is 3.46. The van der Waals surface area contributed by atoms with Gasteiger partial charge in [0, 0.05) is 15.6 Å². The van der Waals surface area contributed by atoms with E-state index < -0.39 is 0 Å². The third-order valence-corrected chi connectivity index (χ3v) is 4.11. The number of hydrogen-bond acceptors (Lipinski definition) is 3. The van der Waals surface area contributed by atoms with Gasteiger partial charge in [-0.25, -0.2) is 0 Å². The molecule has 0 saturated carbocycles. The summed E-state index contributed by atoms with van der Waals surface area (Å²) in [5, 5.41) is 1.06. The zero-order valence-corrected chi connectivity index (χ0v) is 11.9. The van der Waals surface area contributed by atoms with Gasteiger partial charge in [0.15, 0.2) is 0 Å². The average molecular weight is 294 g/mol. The Morgan fingerprint density at radius 2 is 2.06 bits per heavy atom. The number of nitrogens with two attached hydrogens (primary N) is 1. The van der Waals surface area contributed by atoms with E-state index in [0.29, 0.717) is 0 Å². The molecule has 0 fully saturated rings. The highest BCUT2D eigenvalue weighted by molar-refractivity contribution is 9.10. The Kier molecular flexibility index (Phi) is 3.35. The van der Waals surface area contributed by atoms with Crippen LogP contribution in [0.4, 0.5) is 5.69 Å². The van der Waals surface area contributed by atoms with E-state index in [2.05, 4.69) is 47.3 Å². The topological polar surface area (TPSA) is 50.9 Å². The molecule has 90 valence electrons. The minimum atomic E-state index is 0.900. The van der Waals surface area contributed by atoms with E-state index in [9.17, 15) is 0 Å². The number of nitrogen functional groups attached to an aromatic ring is 1. The van der Waals surface area contributed by atoms with Gasteiger partial charge in [0.2, 0.25) is 0 Å². The molecule has 0 aliphatic carbocycles. The Morgan fingerprint density at radius 3 is 2.65 bits per heavy atom. The summed E-state index contributed by atoms with van der Waals surface area (Å²) in [5.41, 5.74) is 8.12. The van der Waals surface area contributed by atoms with E-state index in [-0.39, 0.29) is 0 Å². The number of nitrogens with one attached hydrogen (secondary N) is 1. The number of anilines is 1. The van der Waals surface area contributed by atoms with Crippen LogP contribution in [0.25, 0.3) is 10.9 Å². The standard InChI is InChI=1S/C13H16BrN3/c1-4-10-8(3)12(17-15)9-6-5-7(2)11(14)13(9)16-10/h5-6H,4,15H2,1-3H3,(H,16,17). The lowest BCUT2D eigenvalue weighted by Crippen LogP contribution is -2.11. The molecule has 1 heterocycles. The van der Waals surface area contributed by atoms with Crippen molar-refractivity contribution in [1.29, 1.82) is 0 Å². The van der Waals surface area contributed by atoms with Crippen LogP contribution in [0.5, 0.6) is 0 Å². The molecule has 0 aliphatic rings. The van der Waals surface area contributed by atoms with Gasteiger partial charge in [0.05, 0.1) is 11.2 Å². The minimum absolute atomic E-state index is 0.900. The number of hydrogen-bond donors (Lipinski definition) is 2. The summed E-state index contributed by atoms with van der Waals surface area (Å²) in [4.78, 5) is 4.72. The van der Waals surface area contributed by atoms with Crippen LogP contribution in [-0.2, 0) is 6.42 Å². The highest BCUT2D eigenvalue weighted by atomic mass is 79.9. The molecule has 3 nitrogen and oxygen atoms in total. The number of rotatable bonds is 2. The highest BCUT2D eigenvalue weighted by Crippen LogP contribution is 2.33. The SMILES string of the molecule is CCc1nc2c(Br)c(C)ccc2c(NN)c1C. The first-order chi connectivity index (χ1) is 8.10. The lowest BCUT2D eigenvalue weighted by molar-refractivity contribution is 1.03. The number of benzene rings is 1. The second-order valence-electron chi connectivity index (χ2n) is 4.15. The van der Waals surface area contributed by atoms with Crippen LogP contribution in [0.3, 0.4) is 0 Å². The van der Waals surface area contributed by atoms with Gasteiger partial charge in [0.1, 0.15) is 0 Å². The molecule has 1 aromatic heterocycles. The smallest absolute Gasteiger partial charge is 0.0871 e. The van der Waals surface area contributed by atoms with Gasteiger partial charge < -0.3 is 5.43 Å². The molecule has 0 unspecified atom stereocenters. The van der Waals surface area contributed by atoms with Gasteiger partial charge in [-0.1, -0.05) is 19.1 Å². The maximum absolute atomic E-state index is 5.64. The Labute approximate surface area is 110 Å². The largest absolute Gasteiger partial charge is 0.323 e. The van der Waals surface area contributed by atoms with E-state index in [1.807, 2.05) is 6.92 Å². The quantitative estimate of drug-likeness (QED) is 0.658. The van der Waals surface area contributed by atoms with Crippen LogP contribution in [0, 0.1) is 13.8 Å². The van der Waals surface area contributed by atoms with Gasteiger partial charge in [-0.05, 0) is 47.3 Å². The molecule has 1 aromatic carbocycles. The number of halogens is 1. The normalized spacial score (nSPS) is 10.9. The monoisotopic (exact) mass is 293 g/mol. The molecule has 0 radical (unpaired) electrons. The van der Waals surface area contributed by atoms with Crippen molar-refractivity contribution in [3.8, 4) is 0 Å². The molecule has 17 heavy (non-hydrogen) atoms. The first-order valence-electron chi connectivity index (χ1n) is 5.65. The first-order valence-corrected chi connectivity index (χ1v) is 6.44. The molecule has 0 bridgehead atoms. The Bertz CT molecular complexity index is 579. The van der Waals surface area contributed by atoms with Crippen LogP contribution in [0.15, 0.2) is 16.6 Å². The molecule has 0 aliphatic heterocycles. The van der Waals surface area contributed by atoms with Crippen molar-refractivity contribution >= 4 is 32.5 Å². The molecule has 2 rings (SSSR count). The molecule has 4 heteroatoms. The van der Waals surface area contributed by atoms with Crippen molar-refractivity contribution in [2.45, 2.75) is 27.2 Å². The van der Waals surface area contributed by atoms with Crippen molar-refractivity contribution in [1.82, 2.24) is 4.98 Å². The fourth-order valence-corrected chi connectivity index (χ4v) is 2.51. The maximum atomic E-state index is 5.64. The van der Waals surface area contributed by atoms with Gasteiger partial charge >= 0.3 is 0 Å². The van der Waals surface area contributed by atoms with Crippen molar-refractivity contribution < 1.29 is 0 Å². The van der Waals surface area contributed by atoms with E-state index >= 15 is 0 Å². The third kappa shape index (κ3) is 1.91. The Morgan fingerprint density at radius 1 is 1.35 bits per heavy atom. The lowest BCUT2D eigenvalue weighted by Gasteiger charge is -2.14. The van der Waals surface area contributed by atoms with Crippen LogP contribution >= 0.6 is 15.9 Å². The van der Waals surface area contributed by atoms with Gasteiger partial charge in [0.25, 0.3) is 0 Å². The number of nitrogens with zero attached hydrogens (tertiary/aromatic N) is 1. The van der Waals surface area contributed by atoms with Crippen molar-refractivity contribution in [2.75, 3.05) is 5.43 Å². The summed E-state index contributed by atoms with van der Waals surface area (Å²) in [6.45, 7) is 6.21. The second kappa shape index (κ2) is 4.63. The average Bonchev–Trinajstić information content (AvgIpc) is 2.33. The van der Waals surface area contributed by atoms with E-state index in [1.165, 1.54) is 5.56 Å². The number of hydrazine groups is 1. The highest BCUT2D eigenvalue weighted by Gasteiger charge is 2.12. The summed E-state index contributed by atoms with van der Waals surface area (Å²) < 4.78 is 1.04. The lowest BCUT2D eigenvalue weighted by atomic mass is 10.0. The molecule has 0 saturated heterocycles. The van der Waals surface area contributed by atoms with Crippen molar-refractivity contribution in [3.05, 3.63) is 33.4 Å². The number of aromatic nitrogens is 1. The van der Waals surface area contributed by atoms with Crippen molar-refractivity contribution in [2.24, 2.45) is 5.84 Å². The molecule has 0 atom stereocenters. The van der Waals surface area contributed by atoms with E-state index in [4.69, 9.17) is 10.8 Å². The minimum Gasteiger partial charge on any atom is -0.323 e. The number of aryl methyl sites for hydroxylation is 2. The fourth-order valence-electron chi connectivity index (χ4n) is 2.07. The molecule has 3 N–H and O–H groups in total.